The van der Waals surface area contributed by atoms with Gasteiger partial charge in [0.2, 0.25) is 0 Å². The summed E-state index contributed by atoms with van der Waals surface area (Å²) in [6.07, 6.45) is -3.67. The number of fused-ring (bicyclic) bond motifs is 3. The van der Waals surface area contributed by atoms with Gasteiger partial charge in [0.15, 0.2) is 5.69 Å². The molecular formula is C38H43F5N8O3. The van der Waals surface area contributed by atoms with E-state index in [-0.39, 0.29) is 54.3 Å². The molecule has 16 heteroatoms. The molecule has 2 N–H and O–H groups in total. The summed E-state index contributed by atoms with van der Waals surface area (Å²) >= 11 is 0. The van der Waals surface area contributed by atoms with Crippen LogP contribution in [-0.2, 0) is 37.0 Å². The summed E-state index contributed by atoms with van der Waals surface area (Å²) in [6.45, 7) is 6.13. The van der Waals surface area contributed by atoms with Crippen LogP contribution in [0.3, 0.4) is 0 Å². The molecule has 3 aromatic rings. The van der Waals surface area contributed by atoms with Crippen molar-refractivity contribution >= 4 is 17.4 Å². The SMILES string of the molecule is CC#Cc1cc(N)cc(C2Cc3nc(OC[C@]45CCCN4C[C@@H](C=C(F)F)C5)nc(N4CCCn5nc(C(=O)N(C)C)c(C)c5C4)c3CO2)c1C(F)(F)F. The fourth-order valence-corrected chi connectivity index (χ4v) is 8.54. The lowest BCUT2D eigenvalue weighted by Gasteiger charge is -2.33. The fourth-order valence-electron chi connectivity index (χ4n) is 8.54. The number of nitrogens with zero attached hydrogens (tertiary/aromatic N) is 7. The zero-order valence-electron chi connectivity index (χ0n) is 30.7. The lowest BCUT2D eigenvalue weighted by molar-refractivity contribution is -0.140. The molecule has 54 heavy (non-hydrogen) atoms. The fraction of sp³-hybridized carbons (Fsp3) is 0.526. The number of alkyl halides is 3. The van der Waals surface area contributed by atoms with Gasteiger partial charge in [0.25, 0.3) is 12.0 Å². The Balaban J connectivity index is 1.27. The van der Waals surface area contributed by atoms with Crippen molar-refractivity contribution in [2.24, 2.45) is 5.92 Å². The highest BCUT2D eigenvalue weighted by atomic mass is 19.4. The average Bonchev–Trinajstić information content (AvgIpc) is 3.68. The van der Waals surface area contributed by atoms with Crippen molar-refractivity contribution < 1.29 is 36.2 Å². The van der Waals surface area contributed by atoms with Crippen LogP contribution in [0.1, 0.15) is 88.4 Å². The Morgan fingerprint density at radius 3 is 2.70 bits per heavy atom. The van der Waals surface area contributed by atoms with Crippen LogP contribution in [0.15, 0.2) is 24.3 Å². The molecule has 2 fully saturated rings. The quantitative estimate of drug-likeness (QED) is 0.179. The van der Waals surface area contributed by atoms with E-state index in [0.717, 1.165) is 36.7 Å². The van der Waals surface area contributed by atoms with E-state index in [9.17, 15) is 26.7 Å². The Morgan fingerprint density at radius 1 is 1.19 bits per heavy atom. The summed E-state index contributed by atoms with van der Waals surface area (Å²) < 4.78 is 84.8. The van der Waals surface area contributed by atoms with E-state index < -0.39 is 29.5 Å². The van der Waals surface area contributed by atoms with Crippen molar-refractivity contribution in [1.29, 1.82) is 0 Å². The second-order valence-corrected chi connectivity index (χ2v) is 14.8. The Bertz CT molecular complexity index is 2050. The minimum Gasteiger partial charge on any atom is -0.461 e. The smallest absolute Gasteiger partial charge is 0.417 e. The molecule has 2 saturated heterocycles. The first-order chi connectivity index (χ1) is 25.7. The molecule has 6 heterocycles. The predicted octanol–water partition coefficient (Wildman–Crippen LogP) is 5.89. The van der Waals surface area contributed by atoms with E-state index in [2.05, 4.69) is 21.8 Å². The molecule has 4 aliphatic heterocycles. The number of aryl methyl sites for hydroxylation is 1. The summed E-state index contributed by atoms with van der Waals surface area (Å²) in [7, 11) is 3.35. The first-order valence-electron chi connectivity index (χ1n) is 18.1. The molecule has 7 rings (SSSR count). The van der Waals surface area contributed by atoms with Gasteiger partial charge in [-0.2, -0.15) is 37.0 Å². The van der Waals surface area contributed by atoms with Gasteiger partial charge in [-0.15, -0.1) is 5.92 Å². The molecule has 0 saturated carbocycles. The van der Waals surface area contributed by atoms with Gasteiger partial charge in [-0.3, -0.25) is 14.4 Å². The number of rotatable bonds is 7. The number of anilines is 2. The van der Waals surface area contributed by atoms with Gasteiger partial charge in [-0.1, -0.05) is 5.92 Å². The maximum Gasteiger partial charge on any atom is 0.417 e. The number of hydrogen-bond acceptors (Lipinski definition) is 9. The first kappa shape index (κ1) is 37.6. The van der Waals surface area contributed by atoms with Crippen molar-refractivity contribution in [1.82, 2.24) is 29.5 Å². The number of ether oxygens (including phenoxy) is 2. The summed E-state index contributed by atoms with van der Waals surface area (Å²) in [6, 6.07) is 2.54. The van der Waals surface area contributed by atoms with E-state index >= 15 is 0 Å². The molecule has 288 valence electrons. The zero-order valence-corrected chi connectivity index (χ0v) is 30.7. The molecule has 0 spiro atoms. The van der Waals surface area contributed by atoms with Crippen LogP contribution in [0, 0.1) is 24.7 Å². The number of aromatic nitrogens is 4. The van der Waals surface area contributed by atoms with Crippen LogP contribution in [0.2, 0.25) is 0 Å². The number of amides is 1. The summed E-state index contributed by atoms with van der Waals surface area (Å²) in [4.78, 5) is 28.4. The van der Waals surface area contributed by atoms with Crippen LogP contribution in [0.5, 0.6) is 6.01 Å². The standard InChI is InChI=1S/C38H43F5N8O3/c1-5-8-24-14-25(44)15-26(32(24)38(41,42)43)30-16-28-27(20-53-30)34(49-10-7-12-51-29(19-49)22(2)33(47-51)35(52)48(3)4)46-36(45-28)54-21-37-9-6-11-50(37)18-23(17-37)13-31(39)40/h13-15,23,30H,6-7,9-12,16-21,44H2,1-4H3/t23-,30?,37+/m0/s1. The van der Waals surface area contributed by atoms with Crippen molar-refractivity contribution in [2.75, 3.05) is 51.0 Å². The molecule has 4 aliphatic rings. The van der Waals surface area contributed by atoms with Crippen LogP contribution in [0.4, 0.5) is 33.5 Å². The highest BCUT2D eigenvalue weighted by molar-refractivity contribution is 5.93. The van der Waals surface area contributed by atoms with E-state index in [1.807, 2.05) is 16.5 Å². The number of hydrogen-bond donors (Lipinski definition) is 1. The predicted molar refractivity (Wildman–Crippen MR) is 190 cm³/mol. The molecule has 0 bridgehead atoms. The van der Waals surface area contributed by atoms with Crippen LogP contribution in [0.25, 0.3) is 0 Å². The van der Waals surface area contributed by atoms with Crippen molar-refractivity contribution in [2.45, 2.75) is 83.5 Å². The number of halogens is 5. The van der Waals surface area contributed by atoms with Gasteiger partial charge in [0.1, 0.15) is 12.4 Å². The summed E-state index contributed by atoms with van der Waals surface area (Å²) in [5.41, 5.74) is 7.53. The van der Waals surface area contributed by atoms with E-state index in [1.165, 1.54) is 24.0 Å². The third kappa shape index (κ3) is 7.11. The minimum atomic E-state index is -4.73. The van der Waals surface area contributed by atoms with Gasteiger partial charge in [0, 0.05) is 62.5 Å². The summed E-state index contributed by atoms with van der Waals surface area (Å²) in [5, 5.41) is 4.64. The van der Waals surface area contributed by atoms with Gasteiger partial charge in [0.05, 0.1) is 41.7 Å². The van der Waals surface area contributed by atoms with Crippen molar-refractivity contribution in [3.63, 3.8) is 0 Å². The maximum atomic E-state index is 14.6. The van der Waals surface area contributed by atoms with Gasteiger partial charge >= 0.3 is 12.2 Å². The van der Waals surface area contributed by atoms with Crippen molar-refractivity contribution in [3.05, 3.63) is 69.2 Å². The molecule has 11 nitrogen and oxygen atoms in total. The first-order valence-corrected chi connectivity index (χ1v) is 18.1. The van der Waals surface area contributed by atoms with E-state index in [1.54, 1.807) is 14.1 Å². The Kier molecular flexibility index (Phi) is 10.1. The number of nitrogen functional groups attached to an aromatic ring is 1. The molecule has 1 amide bonds. The number of carbonyl (C=O) groups is 1. The Hall–Kier alpha value is -4.75. The van der Waals surface area contributed by atoms with E-state index in [4.69, 9.17) is 25.2 Å². The number of carbonyl (C=O) groups excluding carboxylic acids is 1. The largest absolute Gasteiger partial charge is 0.461 e. The third-order valence-corrected chi connectivity index (χ3v) is 11.0. The zero-order chi connectivity index (χ0) is 38.5. The summed E-state index contributed by atoms with van der Waals surface area (Å²) in [5.74, 6) is 5.10. The highest BCUT2D eigenvalue weighted by Crippen LogP contribution is 2.45. The average molecular weight is 755 g/mol. The Labute approximate surface area is 310 Å². The highest BCUT2D eigenvalue weighted by Gasteiger charge is 2.49. The molecular weight excluding hydrogens is 711 g/mol. The van der Waals surface area contributed by atoms with Crippen LogP contribution in [-0.4, -0.2) is 81.3 Å². The third-order valence-electron chi connectivity index (χ3n) is 11.0. The van der Waals surface area contributed by atoms with Gasteiger partial charge in [-0.05, 0) is 75.8 Å². The lowest BCUT2D eigenvalue weighted by Crippen LogP contribution is -2.43. The van der Waals surface area contributed by atoms with Gasteiger partial charge in [-0.25, -0.2) is 0 Å². The van der Waals surface area contributed by atoms with Crippen LogP contribution < -0.4 is 15.4 Å². The number of benzene rings is 1. The topological polar surface area (TPSA) is 115 Å². The van der Waals surface area contributed by atoms with E-state index in [0.29, 0.717) is 61.8 Å². The molecule has 1 aromatic carbocycles. The maximum absolute atomic E-state index is 14.6. The molecule has 2 aromatic heterocycles. The normalized spacial score (nSPS) is 22.4. The second kappa shape index (κ2) is 14.5. The minimum absolute atomic E-state index is 0.0288. The molecule has 0 radical (unpaired) electrons. The van der Waals surface area contributed by atoms with Crippen molar-refractivity contribution in [3.8, 4) is 17.9 Å². The molecule has 0 aliphatic carbocycles. The molecule has 1 unspecified atom stereocenters. The second-order valence-electron chi connectivity index (χ2n) is 14.8. The Morgan fingerprint density at radius 2 is 1.98 bits per heavy atom. The van der Waals surface area contributed by atoms with Crippen LogP contribution >= 0.6 is 0 Å². The number of nitrogens with two attached hydrogens (primary N) is 1. The molecule has 3 atom stereocenters. The lowest BCUT2D eigenvalue weighted by atomic mass is 9.91. The monoisotopic (exact) mass is 754 g/mol. The van der Waals surface area contributed by atoms with Gasteiger partial charge < -0.3 is 25.0 Å².